The molecule has 0 fully saturated rings. The van der Waals surface area contributed by atoms with E-state index in [1.807, 2.05) is 25.1 Å². The molecule has 0 saturated carbocycles. The van der Waals surface area contributed by atoms with Crippen molar-refractivity contribution in [3.63, 3.8) is 0 Å². The number of para-hydroxylation sites is 2. The summed E-state index contributed by atoms with van der Waals surface area (Å²) in [7, 11) is 0. The Hall–Kier alpha value is -3.06. The molecule has 29 heavy (non-hydrogen) atoms. The van der Waals surface area contributed by atoms with Crippen LogP contribution in [0.5, 0.6) is 11.5 Å². The van der Waals surface area contributed by atoms with E-state index in [1.54, 1.807) is 35.3 Å². The number of rotatable bonds is 9. The highest BCUT2D eigenvalue weighted by Gasteiger charge is 2.17. The minimum absolute atomic E-state index is 0.319. The highest BCUT2D eigenvalue weighted by Crippen LogP contribution is 2.37. The van der Waals surface area contributed by atoms with Gasteiger partial charge in [0, 0.05) is 5.56 Å². The zero-order chi connectivity index (χ0) is 20.6. The standard InChI is InChI=1S/C21H23ClN4O3/c1-3-5-12-29-20-16(22)13-15(14-19(20)28-4-2)21(27)24-17-8-6-7-9-18(17)26-11-10-23-25-26/h6-11,13-14H,3-5,12H2,1-2H3,(H,24,27). The van der Waals surface area contributed by atoms with Gasteiger partial charge >= 0.3 is 0 Å². The van der Waals surface area contributed by atoms with E-state index >= 15 is 0 Å². The monoisotopic (exact) mass is 414 g/mol. The van der Waals surface area contributed by atoms with Gasteiger partial charge in [0.05, 0.1) is 42.0 Å². The Morgan fingerprint density at radius 1 is 1.21 bits per heavy atom. The first-order valence-corrected chi connectivity index (χ1v) is 9.88. The van der Waals surface area contributed by atoms with Crippen molar-refractivity contribution in [2.75, 3.05) is 18.5 Å². The molecule has 0 spiro atoms. The molecular formula is C21H23ClN4O3. The number of halogens is 1. The molecule has 1 N–H and O–H groups in total. The first-order chi connectivity index (χ1) is 14.1. The predicted molar refractivity (Wildman–Crippen MR) is 112 cm³/mol. The van der Waals surface area contributed by atoms with E-state index in [2.05, 4.69) is 22.6 Å². The van der Waals surface area contributed by atoms with Crippen LogP contribution in [0.3, 0.4) is 0 Å². The minimum atomic E-state index is -0.319. The van der Waals surface area contributed by atoms with Crippen molar-refractivity contribution in [1.82, 2.24) is 15.0 Å². The maximum Gasteiger partial charge on any atom is 0.255 e. The quantitative estimate of drug-likeness (QED) is 0.511. The van der Waals surface area contributed by atoms with Crippen molar-refractivity contribution < 1.29 is 14.3 Å². The van der Waals surface area contributed by atoms with Crippen LogP contribution < -0.4 is 14.8 Å². The number of nitrogens with zero attached hydrogens (tertiary/aromatic N) is 3. The average Bonchev–Trinajstić information content (AvgIpc) is 3.25. The number of anilines is 1. The summed E-state index contributed by atoms with van der Waals surface area (Å²) in [6.07, 6.45) is 5.19. The van der Waals surface area contributed by atoms with E-state index in [1.165, 1.54) is 0 Å². The minimum Gasteiger partial charge on any atom is -0.490 e. The second-order valence-electron chi connectivity index (χ2n) is 6.24. The summed E-state index contributed by atoms with van der Waals surface area (Å²) in [5, 5.41) is 11.0. The number of carbonyl (C=O) groups excluding carboxylic acids is 1. The number of hydrogen-bond donors (Lipinski definition) is 1. The van der Waals surface area contributed by atoms with Crippen LogP contribution in [0.1, 0.15) is 37.0 Å². The van der Waals surface area contributed by atoms with Crippen molar-refractivity contribution in [3.8, 4) is 17.2 Å². The summed E-state index contributed by atoms with van der Waals surface area (Å²) >= 11 is 6.40. The summed E-state index contributed by atoms with van der Waals surface area (Å²) in [4.78, 5) is 12.9. The molecule has 0 aliphatic heterocycles. The van der Waals surface area contributed by atoms with Gasteiger partial charge in [-0.05, 0) is 37.6 Å². The molecular weight excluding hydrogens is 392 g/mol. The molecule has 0 atom stereocenters. The third-order valence-electron chi connectivity index (χ3n) is 4.14. The molecule has 2 aromatic carbocycles. The van der Waals surface area contributed by atoms with Gasteiger partial charge in [-0.3, -0.25) is 4.79 Å². The molecule has 0 saturated heterocycles. The van der Waals surface area contributed by atoms with E-state index in [0.29, 0.717) is 46.7 Å². The van der Waals surface area contributed by atoms with E-state index in [9.17, 15) is 4.79 Å². The van der Waals surface area contributed by atoms with Gasteiger partial charge in [-0.1, -0.05) is 42.3 Å². The van der Waals surface area contributed by atoms with Crippen molar-refractivity contribution in [1.29, 1.82) is 0 Å². The number of hydrogen-bond acceptors (Lipinski definition) is 5. The second-order valence-corrected chi connectivity index (χ2v) is 6.65. The fraction of sp³-hybridized carbons (Fsp3) is 0.286. The van der Waals surface area contributed by atoms with Gasteiger partial charge in [0.1, 0.15) is 0 Å². The molecule has 3 aromatic rings. The summed E-state index contributed by atoms with van der Waals surface area (Å²) in [5.41, 5.74) is 1.67. The number of ether oxygens (including phenoxy) is 2. The average molecular weight is 415 g/mol. The van der Waals surface area contributed by atoms with Gasteiger partial charge in [-0.2, -0.15) is 0 Å². The Kier molecular flexibility index (Phi) is 7.08. The predicted octanol–water partition coefficient (Wildman–Crippen LogP) is 4.75. The number of benzene rings is 2. The molecule has 3 rings (SSSR count). The third kappa shape index (κ3) is 5.06. The Bertz CT molecular complexity index is 961. The first-order valence-electron chi connectivity index (χ1n) is 9.50. The Balaban J connectivity index is 1.86. The Morgan fingerprint density at radius 3 is 2.76 bits per heavy atom. The van der Waals surface area contributed by atoms with E-state index in [4.69, 9.17) is 21.1 Å². The number of aromatic nitrogens is 3. The van der Waals surface area contributed by atoms with Crippen LogP contribution in [0.15, 0.2) is 48.8 Å². The van der Waals surface area contributed by atoms with Gasteiger partial charge in [0.2, 0.25) is 0 Å². The Labute approximate surface area is 174 Å². The molecule has 0 bridgehead atoms. The van der Waals surface area contributed by atoms with Gasteiger partial charge in [-0.25, -0.2) is 4.68 Å². The maximum absolute atomic E-state index is 12.9. The molecule has 0 aliphatic carbocycles. The van der Waals surface area contributed by atoms with E-state index in [0.717, 1.165) is 12.8 Å². The maximum atomic E-state index is 12.9. The van der Waals surface area contributed by atoms with Crippen LogP contribution in [0.2, 0.25) is 5.02 Å². The number of nitrogens with one attached hydrogen (secondary N) is 1. The van der Waals surface area contributed by atoms with Crippen LogP contribution >= 0.6 is 11.6 Å². The zero-order valence-corrected chi connectivity index (χ0v) is 17.1. The normalized spacial score (nSPS) is 10.6. The molecule has 0 unspecified atom stereocenters. The van der Waals surface area contributed by atoms with Crippen molar-refractivity contribution in [2.45, 2.75) is 26.7 Å². The van der Waals surface area contributed by atoms with Crippen LogP contribution in [0.4, 0.5) is 5.69 Å². The second kappa shape index (κ2) is 9.93. The van der Waals surface area contributed by atoms with Gasteiger partial charge in [-0.15, -0.1) is 5.10 Å². The number of amides is 1. The molecule has 1 aromatic heterocycles. The highest BCUT2D eigenvalue weighted by molar-refractivity contribution is 6.32. The fourth-order valence-electron chi connectivity index (χ4n) is 2.73. The molecule has 0 radical (unpaired) electrons. The van der Waals surface area contributed by atoms with Crippen LogP contribution in [0, 0.1) is 0 Å². The molecule has 8 heteroatoms. The van der Waals surface area contributed by atoms with Gasteiger partial charge < -0.3 is 14.8 Å². The van der Waals surface area contributed by atoms with E-state index < -0.39 is 0 Å². The van der Waals surface area contributed by atoms with Gasteiger partial charge in [0.15, 0.2) is 11.5 Å². The first kappa shape index (κ1) is 20.7. The van der Waals surface area contributed by atoms with Crippen LogP contribution in [-0.4, -0.2) is 34.1 Å². The SMILES string of the molecule is CCCCOc1c(Cl)cc(C(=O)Nc2ccccc2-n2ccnn2)cc1OCC. The smallest absolute Gasteiger partial charge is 0.255 e. The third-order valence-corrected chi connectivity index (χ3v) is 4.42. The van der Waals surface area contributed by atoms with E-state index in [-0.39, 0.29) is 5.91 Å². The summed E-state index contributed by atoms with van der Waals surface area (Å²) in [6.45, 7) is 4.91. The van der Waals surface area contributed by atoms with Gasteiger partial charge in [0.25, 0.3) is 5.91 Å². The Morgan fingerprint density at radius 2 is 2.03 bits per heavy atom. The largest absolute Gasteiger partial charge is 0.490 e. The lowest BCUT2D eigenvalue weighted by molar-refractivity contribution is 0.102. The number of unbranched alkanes of at least 4 members (excludes halogenated alkanes) is 1. The molecule has 1 amide bonds. The topological polar surface area (TPSA) is 78.3 Å². The van der Waals surface area contributed by atoms with Crippen LogP contribution in [-0.2, 0) is 0 Å². The summed E-state index contributed by atoms with van der Waals surface area (Å²) in [5.74, 6) is 0.591. The fourth-order valence-corrected chi connectivity index (χ4v) is 3.00. The van der Waals surface area contributed by atoms with Crippen molar-refractivity contribution in [3.05, 3.63) is 59.4 Å². The molecule has 0 aliphatic rings. The number of carbonyl (C=O) groups is 1. The van der Waals surface area contributed by atoms with Crippen LogP contribution in [0.25, 0.3) is 5.69 Å². The lowest BCUT2D eigenvalue weighted by atomic mass is 10.1. The molecule has 1 heterocycles. The highest BCUT2D eigenvalue weighted by atomic mass is 35.5. The molecule has 152 valence electrons. The van der Waals surface area contributed by atoms with Crippen molar-refractivity contribution >= 4 is 23.2 Å². The lowest BCUT2D eigenvalue weighted by Gasteiger charge is -2.16. The van der Waals surface area contributed by atoms with Crippen molar-refractivity contribution in [2.24, 2.45) is 0 Å². The summed E-state index contributed by atoms with van der Waals surface area (Å²) < 4.78 is 13.0. The zero-order valence-electron chi connectivity index (χ0n) is 16.4. The lowest BCUT2D eigenvalue weighted by Crippen LogP contribution is -2.14. The molecule has 7 nitrogen and oxygen atoms in total. The summed E-state index contributed by atoms with van der Waals surface area (Å²) in [6, 6.07) is 10.6.